The molecule has 108 valence electrons. The minimum atomic E-state index is -0.926. The van der Waals surface area contributed by atoms with E-state index in [-0.39, 0.29) is 10.8 Å². The summed E-state index contributed by atoms with van der Waals surface area (Å²) in [5, 5.41) is 2.65. The molecule has 0 bridgehead atoms. The molecule has 7 heteroatoms. The summed E-state index contributed by atoms with van der Waals surface area (Å²) in [6, 6.07) is 7.83. The molecule has 1 aromatic carbocycles. The predicted molar refractivity (Wildman–Crippen MR) is 75.7 cm³/mol. The molecule has 0 saturated heterocycles. The number of ether oxygens (including phenoxy) is 1. The van der Waals surface area contributed by atoms with Gasteiger partial charge in [0, 0.05) is 0 Å². The molecule has 0 aliphatic carbocycles. The summed E-state index contributed by atoms with van der Waals surface area (Å²) >= 11 is 5.69. The maximum Gasteiger partial charge on any atom is 0.333 e. The molecule has 1 unspecified atom stereocenters. The number of rotatable bonds is 4. The van der Waals surface area contributed by atoms with Crippen molar-refractivity contribution in [3.05, 3.63) is 59.1 Å². The number of aromatic nitrogens is 2. The van der Waals surface area contributed by atoms with Gasteiger partial charge in [-0.25, -0.2) is 9.78 Å². The van der Waals surface area contributed by atoms with Crippen LogP contribution in [0.3, 0.4) is 0 Å². The molecule has 0 aliphatic heterocycles. The van der Waals surface area contributed by atoms with E-state index < -0.39 is 17.9 Å². The van der Waals surface area contributed by atoms with Crippen molar-refractivity contribution < 1.29 is 14.3 Å². The number of benzene rings is 1. The zero-order chi connectivity index (χ0) is 15.2. The molecule has 2 aromatic rings. The smallest absolute Gasteiger partial charge is 0.333 e. The Labute approximate surface area is 126 Å². The van der Waals surface area contributed by atoms with Gasteiger partial charge in [-0.3, -0.25) is 9.78 Å². The van der Waals surface area contributed by atoms with E-state index in [4.69, 9.17) is 16.3 Å². The van der Waals surface area contributed by atoms with E-state index in [1.54, 1.807) is 24.3 Å². The number of methoxy groups -OCH3 is 1. The Morgan fingerprint density at radius 2 is 1.95 bits per heavy atom. The van der Waals surface area contributed by atoms with Gasteiger partial charge in [0.25, 0.3) is 5.91 Å². The second-order valence-corrected chi connectivity index (χ2v) is 4.45. The summed E-state index contributed by atoms with van der Waals surface area (Å²) in [7, 11) is 1.25. The molecule has 0 aliphatic rings. The third-order valence-corrected chi connectivity index (χ3v) is 2.87. The molecular formula is C14H12ClN3O3. The maximum atomic E-state index is 12.1. The molecule has 0 radical (unpaired) electrons. The molecule has 1 amide bonds. The van der Waals surface area contributed by atoms with Gasteiger partial charge in [0.2, 0.25) is 0 Å². The number of halogens is 1. The fourth-order valence-corrected chi connectivity index (χ4v) is 1.85. The largest absolute Gasteiger partial charge is 0.467 e. The van der Waals surface area contributed by atoms with Crippen LogP contribution in [-0.2, 0) is 9.53 Å². The molecular weight excluding hydrogens is 294 g/mol. The van der Waals surface area contributed by atoms with E-state index in [0.29, 0.717) is 5.56 Å². The predicted octanol–water partition coefficient (Wildman–Crippen LogP) is 1.77. The Hall–Kier alpha value is -2.47. The maximum absolute atomic E-state index is 12.1. The van der Waals surface area contributed by atoms with Crippen LogP contribution >= 0.6 is 11.6 Å². The molecule has 1 aromatic heterocycles. The normalized spacial score (nSPS) is 11.5. The lowest BCUT2D eigenvalue weighted by atomic mass is 10.1. The lowest BCUT2D eigenvalue weighted by molar-refractivity contribution is -0.143. The van der Waals surface area contributed by atoms with Crippen LogP contribution < -0.4 is 5.32 Å². The van der Waals surface area contributed by atoms with Crippen LogP contribution in [0, 0.1) is 0 Å². The molecule has 0 spiro atoms. The Bertz CT molecular complexity index is 649. The topological polar surface area (TPSA) is 81.2 Å². The minimum absolute atomic E-state index is 0.0207. The first-order valence-corrected chi connectivity index (χ1v) is 6.41. The number of carbonyl (C=O) groups excluding carboxylic acids is 2. The second-order valence-electron chi connectivity index (χ2n) is 4.07. The zero-order valence-corrected chi connectivity index (χ0v) is 11.9. The van der Waals surface area contributed by atoms with E-state index in [1.165, 1.54) is 19.5 Å². The summed E-state index contributed by atoms with van der Waals surface area (Å²) in [5.74, 6) is -1.14. The summed E-state index contributed by atoms with van der Waals surface area (Å²) in [6.45, 7) is 0. The Morgan fingerprint density at radius 3 is 2.57 bits per heavy atom. The summed E-state index contributed by atoms with van der Waals surface area (Å²) < 4.78 is 4.71. The van der Waals surface area contributed by atoms with Crippen LogP contribution in [0.15, 0.2) is 42.7 Å². The van der Waals surface area contributed by atoms with Gasteiger partial charge in [0.05, 0.1) is 19.5 Å². The Kier molecular flexibility index (Phi) is 4.84. The van der Waals surface area contributed by atoms with Gasteiger partial charge in [-0.15, -0.1) is 0 Å². The first-order chi connectivity index (χ1) is 10.1. The molecule has 21 heavy (non-hydrogen) atoms. The van der Waals surface area contributed by atoms with Gasteiger partial charge in [0.1, 0.15) is 10.8 Å². The first-order valence-electron chi connectivity index (χ1n) is 6.03. The number of esters is 1. The number of carbonyl (C=O) groups is 2. The lowest BCUT2D eigenvalue weighted by Gasteiger charge is -2.16. The van der Waals surface area contributed by atoms with E-state index in [2.05, 4.69) is 15.3 Å². The van der Waals surface area contributed by atoms with Crippen LogP contribution in [0.4, 0.5) is 0 Å². The van der Waals surface area contributed by atoms with Crippen molar-refractivity contribution in [2.45, 2.75) is 6.04 Å². The molecule has 1 N–H and O–H groups in total. The van der Waals surface area contributed by atoms with Crippen LogP contribution in [0.5, 0.6) is 0 Å². The van der Waals surface area contributed by atoms with Gasteiger partial charge in [0.15, 0.2) is 6.04 Å². The monoisotopic (exact) mass is 305 g/mol. The van der Waals surface area contributed by atoms with Gasteiger partial charge in [-0.05, 0) is 5.56 Å². The van der Waals surface area contributed by atoms with Crippen molar-refractivity contribution in [3.63, 3.8) is 0 Å². The SMILES string of the molecule is COC(=O)C(NC(=O)c1cncc(Cl)n1)c1ccccc1. The molecule has 0 fully saturated rings. The summed E-state index contributed by atoms with van der Waals surface area (Å²) in [4.78, 5) is 31.6. The van der Waals surface area contributed by atoms with Crippen molar-refractivity contribution in [1.29, 1.82) is 0 Å². The van der Waals surface area contributed by atoms with Gasteiger partial charge in [-0.1, -0.05) is 41.9 Å². The van der Waals surface area contributed by atoms with Crippen LogP contribution in [-0.4, -0.2) is 29.0 Å². The number of hydrogen-bond acceptors (Lipinski definition) is 5. The highest BCUT2D eigenvalue weighted by Gasteiger charge is 2.24. The average Bonchev–Trinajstić information content (AvgIpc) is 2.52. The second kappa shape index (κ2) is 6.81. The highest BCUT2D eigenvalue weighted by atomic mass is 35.5. The van der Waals surface area contributed by atoms with Gasteiger partial charge < -0.3 is 10.1 Å². The highest BCUT2D eigenvalue weighted by Crippen LogP contribution is 2.15. The average molecular weight is 306 g/mol. The minimum Gasteiger partial charge on any atom is -0.467 e. The summed E-state index contributed by atoms with van der Waals surface area (Å²) in [6.07, 6.45) is 2.58. The molecule has 1 heterocycles. The first kappa shape index (κ1) is 14.9. The Morgan fingerprint density at radius 1 is 1.24 bits per heavy atom. The Balaban J connectivity index is 2.23. The van der Waals surface area contributed by atoms with Crippen LogP contribution in [0.25, 0.3) is 0 Å². The number of hydrogen-bond donors (Lipinski definition) is 1. The lowest BCUT2D eigenvalue weighted by Crippen LogP contribution is -2.35. The quantitative estimate of drug-likeness (QED) is 0.871. The number of nitrogens with one attached hydrogen (secondary N) is 1. The fourth-order valence-electron chi connectivity index (χ4n) is 1.70. The van der Waals surface area contributed by atoms with Gasteiger partial charge in [-0.2, -0.15) is 0 Å². The molecule has 0 saturated carbocycles. The summed E-state index contributed by atoms with van der Waals surface area (Å²) in [5.41, 5.74) is 0.625. The number of nitrogens with zero attached hydrogens (tertiary/aromatic N) is 2. The van der Waals surface area contributed by atoms with Crippen molar-refractivity contribution in [1.82, 2.24) is 15.3 Å². The van der Waals surface area contributed by atoms with Crippen LogP contribution in [0.1, 0.15) is 22.1 Å². The standard InChI is InChI=1S/C14H12ClN3O3/c1-21-14(20)12(9-5-3-2-4-6-9)18-13(19)10-7-16-8-11(15)17-10/h2-8,12H,1H3,(H,18,19). The third kappa shape index (κ3) is 3.76. The highest BCUT2D eigenvalue weighted by molar-refractivity contribution is 6.29. The van der Waals surface area contributed by atoms with E-state index >= 15 is 0 Å². The molecule has 6 nitrogen and oxygen atoms in total. The van der Waals surface area contributed by atoms with Crippen molar-refractivity contribution in [3.8, 4) is 0 Å². The van der Waals surface area contributed by atoms with Crippen molar-refractivity contribution in [2.24, 2.45) is 0 Å². The molecule has 2 rings (SSSR count). The zero-order valence-electron chi connectivity index (χ0n) is 11.1. The van der Waals surface area contributed by atoms with Crippen LogP contribution in [0.2, 0.25) is 5.15 Å². The number of amides is 1. The van der Waals surface area contributed by atoms with E-state index in [9.17, 15) is 9.59 Å². The van der Waals surface area contributed by atoms with Gasteiger partial charge >= 0.3 is 5.97 Å². The molecule has 1 atom stereocenters. The third-order valence-electron chi connectivity index (χ3n) is 2.68. The van der Waals surface area contributed by atoms with E-state index in [1.807, 2.05) is 6.07 Å². The van der Waals surface area contributed by atoms with Crippen molar-refractivity contribution in [2.75, 3.05) is 7.11 Å². The van der Waals surface area contributed by atoms with Crippen molar-refractivity contribution >= 4 is 23.5 Å². The van der Waals surface area contributed by atoms with E-state index in [0.717, 1.165) is 0 Å². The fraction of sp³-hybridized carbons (Fsp3) is 0.143.